The summed E-state index contributed by atoms with van der Waals surface area (Å²) < 4.78 is 94.0. The molecule has 1 aliphatic rings. The minimum absolute atomic E-state index is 0.0519. The third-order valence-electron chi connectivity index (χ3n) is 7.20. The maximum Gasteiger partial charge on any atom is 0.404 e. The molecular formula is C28H27ClF5N3O2S. The van der Waals surface area contributed by atoms with Crippen molar-refractivity contribution in [2.24, 2.45) is 5.92 Å². The van der Waals surface area contributed by atoms with Crippen LogP contribution in [0.15, 0.2) is 53.6 Å². The van der Waals surface area contributed by atoms with Crippen LogP contribution in [0, 0.1) is 23.0 Å². The summed E-state index contributed by atoms with van der Waals surface area (Å²) in [6, 6.07) is 7.62. The fourth-order valence-corrected chi connectivity index (χ4v) is 6.37. The van der Waals surface area contributed by atoms with Crippen molar-refractivity contribution in [3.8, 4) is 0 Å². The van der Waals surface area contributed by atoms with Gasteiger partial charge in [0.15, 0.2) is 0 Å². The largest absolute Gasteiger partial charge is 0.404 e. The molecular weight excluding hydrogens is 573 g/mol. The van der Waals surface area contributed by atoms with E-state index >= 15 is 0 Å². The second kappa shape index (κ2) is 11.5. The molecule has 0 fully saturated rings. The van der Waals surface area contributed by atoms with E-state index in [2.05, 4.69) is 4.98 Å². The highest BCUT2D eigenvalue weighted by Crippen LogP contribution is 2.39. The Kier molecular flexibility index (Phi) is 8.68. The average molecular weight is 600 g/mol. The van der Waals surface area contributed by atoms with Crippen LogP contribution in [0.1, 0.15) is 54.1 Å². The zero-order valence-corrected chi connectivity index (χ0v) is 23.2. The van der Waals surface area contributed by atoms with Crippen LogP contribution < -0.4 is 4.72 Å². The van der Waals surface area contributed by atoms with E-state index in [0.29, 0.717) is 55.0 Å². The summed E-state index contributed by atoms with van der Waals surface area (Å²) >= 11 is 5.99. The second-order valence-electron chi connectivity index (χ2n) is 9.90. The fraction of sp³-hybridized carbons (Fsp3) is 0.357. The van der Waals surface area contributed by atoms with E-state index in [4.69, 9.17) is 17.0 Å². The van der Waals surface area contributed by atoms with E-state index in [9.17, 15) is 30.4 Å². The summed E-state index contributed by atoms with van der Waals surface area (Å²) in [5, 5.41) is 9.04. The molecule has 1 aromatic heterocycles. The van der Waals surface area contributed by atoms with Crippen molar-refractivity contribution in [1.29, 1.82) is 5.41 Å². The van der Waals surface area contributed by atoms with Gasteiger partial charge in [0.25, 0.3) is 0 Å². The second-order valence-corrected chi connectivity index (χ2v) is 12.0. The Balaban J connectivity index is 1.74. The SMILES string of the molecule is CCc1cc2c(cc1F)C(=N)C(c1ccc(S(=O)(=O)NC(C)C(F)(F)F)cn1)C(Cc1ccc(F)c(Cl)c1)CC2. The Labute approximate surface area is 234 Å². The van der Waals surface area contributed by atoms with Gasteiger partial charge in [0, 0.05) is 29.1 Å². The first-order valence-electron chi connectivity index (χ1n) is 12.6. The van der Waals surface area contributed by atoms with E-state index < -0.39 is 44.7 Å². The van der Waals surface area contributed by atoms with Crippen molar-refractivity contribution in [3.63, 3.8) is 0 Å². The molecule has 214 valence electrons. The lowest BCUT2D eigenvalue weighted by Crippen LogP contribution is -2.43. The number of aryl methyl sites for hydroxylation is 2. The summed E-state index contributed by atoms with van der Waals surface area (Å²) in [7, 11) is -4.53. The first-order chi connectivity index (χ1) is 18.7. The molecule has 40 heavy (non-hydrogen) atoms. The minimum atomic E-state index is -4.77. The Morgan fingerprint density at radius 1 is 1.12 bits per heavy atom. The van der Waals surface area contributed by atoms with Crippen molar-refractivity contribution in [2.75, 3.05) is 0 Å². The smallest absolute Gasteiger partial charge is 0.304 e. The van der Waals surface area contributed by atoms with Gasteiger partial charge in [-0.2, -0.15) is 17.9 Å². The number of nitrogens with one attached hydrogen (secondary N) is 2. The highest BCUT2D eigenvalue weighted by atomic mass is 35.5. The summed E-state index contributed by atoms with van der Waals surface area (Å²) in [6.45, 7) is 2.53. The quantitative estimate of drug-likeness (QED) is 0.232. The predicted molar refractivity (Wildman–Crippen MR) is 142 cm³/mol. The highest BCUT2D eigenvalue weighted by molar-refractivity contribution is 7.89. The van der Waals surface area contributed by atoms with Crippen molar-refractivity contribution in [1.82, 2.24) is 9.71 Å². The summed E-state index contributed by atoms with van der Waals surface area (Å²) in [5.41, 5.74) is 2.85. The molecule has 2 aromatic carbocycles. The molecule has 0 spiro atoms. The predicted octanol–water partition coefficient (Wildman–Crippen LogP) is 6.76. The molecule has 3 aromatic rings. The topological polar surface area (TPSA) is 82.9 Å². The van der Waals surface area contributed by atoms with Crippen LogP contribution in [0.2, 0.25) is 5.02 Å². The summed E-state index contributed by atoms with van der Waals surface area (Å²) in [4.78, 5) is 3.80. The van der Waals surface area contributed by atoms with Gasteiger partial charge in [-0.3, -0.25) is 4.98 Å². The van der Waals surface area contributed by atoms with Crippen LogP contribution in [0.5, 0.6) is 0 Å². The lowest BCUT2D eigenvalue weighted by molar-refractivity contribution is -0.147. The number of hydrogen-bond donors (Lipinski definition) is 2. The third kappa shape index (κ3) is 6.37. The van der Waals surface area contributed by atoms with Gasteiger partial charge in [-0.1, -0.05) is 30.7 Å². The van der Waals surface area contributed by atoms with Crippen molar-refractivity contribution in [3.05, 3.63) is 93.3 Å². The normalized spacial score (nSPS) is 18.8. The first kappa shape index (κ1) is 30.1. The highest BCUT2D eigenvalue weighted by Gasteiger charge is 2.39. The van der Waals surface area contributed by atoms with Gasteiger partial charge in [-0.25, -0.2) is 17.2 Å². The number of sulfonamides is 1. The van der Waals surface area contributed by atoms with Crippen molar-refractivity contribution in [2.45, 2.75) is 62.6 Å². The maximum absolute atomic E-state index is 14.8. The van der Waals surface area contributed by atoms with E-state index in [-0.39, 0.29) is 16.7 Å². The molecule has 0 aliphatic heterocycles. The lowest BCUT2D eigenvalue weighted by Gasteiger charge is -2.26. The van der Waals surface area contributed by atoms with Crippen LogP contribution in [0.25, 0.3) is 0 Å². The first-order valence-corrected chi connectivity index (χ1v) is 14.5. The fourth-order valence-electron chi connectivity index (χ4n) is 4.99. The molecule has 1 aliphatic carbocycles. The van der Waals surface area contributed by atoms with E-state index in [1.165, 1.54) is 24.3 Å². The number of pyridine rings is 1. The number of hydrogen-bond acceptors (Lipinski definition) is 4. The van der Waals surface area contributed by atoms with Crippen molar-refractivity contribution >= 4 is 27.3 Å². The maximum atomic E-state index is 14.8. The number of halogens is 6. The van der Waals surface area contributed by atoms with Crippen LogP contribution in [0.4, 0.5) is 22.0 Å². The van der Waals surface area contributed by atoms with E-state index in [1.54, 1.807) is 16.9 Å². The van der Waals surface area contributed by atoms with Crippen LogP contribution in [-0.4, -0.2) is 31.3 Å². The average Bonchev–Trinajstić information content (AvgIpc) is 3.01. The van der Waals surface area contributed by atoms with E-state index in [0.717, 1.165) is 17.8 Å². The monoisotopic (exact) mass is 599 g/mol. The number of rotatable bonds is 7. The standard InChI is InChI=1S/C28H27ClF5N3O2S/c1-3-17-12-18-5-6-19(10-16-4-8-23(30)22(29)11-16)26(27(35)21(18)13-24(17)31)25-9-7-20(14-36-25)40(38,39)37-15(2)28(32,33)34/h4,7-9,11-15,19,26,35,37H,3,5-6,10H2,1-2H3. The molecule has 5 nitrogen and oxygen atoms in total. The molecule has 3 atom stereocenters. The Bertz CT molecular complexity index is 1530. The zero-order chi connectivity index (χ0) is 29.4. The number of nitrogens with zero attached hydrogens (tertiary/aromatic N) is 1. The van der Waals surface area contributed by atoms with Gasteiger partial charge in [-0.15, -0.1) is 0 Å². The molecule has 0 radical (unpaired) electrons. The molecule has 0 saturated carbocycles. The molecule has 12 heteroatoms. The van der Waals surface area contributed by atoms with Crippen LogP contribution in [-0.2, 0) is 29.3 Å². The third-order valence-corrected chi connectivity index (χ3v) is 9.02. The van der Waals surface area contributed by atoms with Gasteiger partial charge >= 0.3 is 6.18 Å². The molecule has 3 unspecified atom stereocenters. The Morgan fingerprint density at radius 2 is 1.85 bits per heavy atom. The molecule has 2 N–H and O–H groups in total. The Hall–Kier alpha value is -2.89. The van der Waals surface area contributed by atoms with Crippen LogP contribution >= 0.6 is 11.6 Å². The minimum Gasteiger partial charge on any atom is -0.304 e. The van der Waals surface area contributed by atoms with Gasteiger partial charge < -0.3 is 5.41 Å². The number of aromatic nitrogens is 1. The van der Waals surface area contributed by atoms with Gasteiger partial charge in [0.1, 0.15) is 22.6 Å². The lowest BCUT2D eigenvalue weighted by atomic mass is 9.79. The molecule has 0 saturated heterocycles. The summed E-state index contributed by atoms with van der Waals surface area (Å²) in [5.74, 6) is -2.01. The molecule has 1 heterocycles. The molecule has 4 rings (SSSR count). The summed E-state index contributed by atoms with van der Waals surface area (Å²) in [6.07, 6.45) is -1.88. The Morgan fingerprint density at radius 3 is 2.45 bits per heavy atom. The molecule has 0 bridgehead atoms. The number of benzene rings is 2. The number of fused-ring (bicyclic) bond motifs is 1. The van der Waals surface area contributed by atoms with Gasteiger partial charge in [-0.05, 0) is 85.5 Å². The van der Waals surface area contributed by atoms with E-state index in [1.807, 2.05) is 6.92 Å². The van der Waals surface area contributed by atoms with Gasteiger partial charge in [0.2, 0.25) is 10.0 Å². The van der Waals surface area contributed by atoms with Gasteiger partial charge in [0.05, 0.1) is 5.02 Å². The zero-order valence-electron chi connectivity index (χ0n) is 21.6. The molecule has 0 amide bonds. The van der Waals surface area contributed by atoms with Crippen molar-refractivity contribution < 1.29 is 30.4 Å². The van der Waals surface area contributed by atoms with Crippen LogP contribution in [0.3, 0.4) is 0 Å². The number of alkyl halides is 3.